The predicted molar refractivity (Wildman–Crippen MR) is 109 cm³/mol. The number of nitrogens with zero attached hydrogens (tertiary/aromatic N) is 4. The second kappa shape index (κ2) is 7.53. The zero-order valence-electron chi connectivity index (χ0n) is 16.4. The number of benzene rings is 2. The topological polar surface area (TPSA) is 55.2 Å². The number of hydrogen-bond acceptors (Lipinski definition) is 5. The number of likely N-dealkylation sites (tertiary alicyclic amines) is 1. The van der Waals surface area contributed by atoms with Crippen LogP contribution in [0.25, 0.3) is 10.8 Å². The number of fused-ring (bicyclic) bond motifs is 2. The molecule has 0 saturated carbocycles. The smallest absolute Gasteiger partial charge is 0.147 e. The van der Waals surface area contributed by atoms with Gasteiger partial charge in [-0.3, -0.25) is 4.90 Å². The zero-order chi connectivity index (χ0) is 18.9. The van der Waals surface area contributed by atoms with Crippen molar-refractivity contribution in [2.45, 2.75) is 38.4 Å². The summed E-state index contributed by atoms with van der Waals surface area (Å²) in [7, 11) is 1.74. The summed E-state index contributed by atoms with van der Waals surface area (Å²) in [5.74, 6) is 3.77. The van der Waals surface area contributed by atoms with Crippen molar-refractivity contribution in [3.05, 3.63) is 53.6 Å². The molecule has 6 nitrogen and oxygen atoms in total. The van der Waals surface area contributed by atoms with Crippen molar-refractivity contribution in [1.29, 1.82) is 0 Å². The maximum Gasteiger partial charge on any atom is 0.147 e. The summed E-state index contributed by atoms with van der Waals surface area (Å²) in [6, 6.07) is 12.9. The second-order valence-corrected chi connectivity index (χ2v) is 7.83. The summed E-state index contributed by atoms with van der Waals surface area (Å²) in [6.45, 7) is 6.05. The number of aromatic nitrogens is 3. The van der Waals surface area contributed by atoms with E-state index in [2.05, 4.69) is 61.4 Å². The highest BCUT2D eigenvalue weighted by Crippen LogP contribution is 2.32. The molecule has 2 aliphatic heterocycles. The van der Waals surface area contributed by atoms with E-state index in [4.69, 9.17) is 4.74 Å². The molecule has 1 saturated heterocycles. The molecule has 146 valence electrons. The Hall–Kier alpha value is -2.44. The van der Waals surface area contributed by atoms with Crippen molar-refractivity contribution in [3.63, 3.8) is 0 Å². The van der Waals surface area contributed by atoms with Crippen molar-refractivity contribution >= 4 is 10.8 Å². The third kappa shape index (κ3) is 3.16. The van der Waals surface area contributed by atoms with Gasteiger partial charge in [-0.1, -0.05) is 30.3 Å². The molecular weight excluding hydrogens is 350 g/mol. The van der Waals surface area contributed by atoms with Crippen LogP contribution in [0.5, 0.6) is 5.75 Å². The van der Waals surface area contributed by atoms with Crippen LogP contribution in [0.4, 0.5) is 0 Å². The molecule has 3 heterocycles. The van der Waals surface area contributed by atoms with Crippen LogP contribution < -0.4 is 10.1 Å². The Bertz CT molecular complexity index is 974. The third-order valence-electron chi connectivity index (χ3n) is 6.19. The largest absolute Gasteiger partial charge is 0.496 e. The summed E-state index contributed by atoms with van der Waals surface area (Å²) in [4.78, 5) is 2.57. The fraction of sp³-hybridized carbons (Fsp3) is 0.455. The Morgan fingerprint density at radius 2 is 1.86 bits per heavy atom. The van der Waals surface area contributed by atoms with Crippen molar-refractivity contribution in [1.82, 2.24) is 25.0 Å². The minimum atomic E-state index is 0.531. The number of hydrogen-bond donors (Lipinski definition) is 1. The molecule has 28 heavy (non-hydrogen) atoms. The van der Waals surface area contributed by atoms with E-state index in [9.17, 15) is 0 Å². The monoisotopic (exact) mass is 377 g/mol. The van der Waals surface area contributed by atoms with Gasteiger partial charge in [0.25, 0.3) is 0 Å². The molecule has 2 aromatic carbocycles. The molecule has 1 fully saturated rings. The lowest BCUT2D eigenvalue weighted by Crippen LogP contribution is -2.34. The Morgan fingerprint density at radius 1 is 1.04 bits per heavy atom. The van der Waals surface area contributed by atoms with E-state index in [0.29, 0.717) is 5.92 Å². The third-order valence-corrected chi connectivity index (χ3v) is 6.19. The SMILES string of the molecule is COc1ccc(CN2CCC(c3nnc4n3CCNC4)CC2)c2ccccc12. The van der Waals surface area contributed by atoms with Crippen molar-refractivity contribution in [2.24, 2.45) is 0 Å². The number of methoxy groups -OCH3 is 1. The highest BCUT2D eigenvalue weighted by atomic mass is 16.5. The van der Waals surface area contributed by atoms with Crippen LogP contribution in [0.15, 0.2) is 36.4 Å². The normalized spacial score (nSPS) is 18.3. The molecule has 6 heteroatoms. The first kappa shape index (κ1) is 17.6. The average Bonchev–Trinajstić information content (AvgIpc) is 3.19. The molecule has 0 atom stereocenters. The average molecular weight is 377 g/mol. The molecule has 3 aromatic rings. The number of ether oxygens (including phenoxy) is 1. The molecule has 1 N–H and O–H groups in total. The highest BCUT2D eigenvalue weighted by molar-refractivity contribution is 5.91. The second-order valence-electron chi connectivity index (χ2n) is 7.83. The van der Waals surface area contributed by atoms with E-state index >= 15 is 0 Å². The number of piperidine rings is 1. The highest BCUT2D eigenvalue weighted by Gasteiger charge is 2.27. The summed E-state index contributed by atoms with van der Waals surface area (Å²) in [5, 5.41) is 14.8. The van der Waals surface area contributed by atoms with Gasteiger partial charge in [-0.25, -0.2) is 0 Å². The quantitative estimate of drug-likeness (QED) is 0.758. The predicted octanol–water partition coefficient (Wildman–Crippen LogP) is 2.92. The van der Waals surface area contributed by atoms with Gasteiger partial charge in [-0.05, 0) is 42.9 Å². The first-order valence-corrected chi connectivity index (χ1v) is 10.2. The van der Waals surface area contributed by atoms with Crippen molar-refractivity contribution < 1.29 is 4.74 Å². The summed E-state index contributed by atoms with van der Waals surface area (Å²) >= 11 is 0. The molecule has 0 aliphatic carbocycles. The van der Waals surface area contributed by atoms with Gasteiger partial charge in [0.15, 0.2) is 0 Å². The zero-order valence-corrected chi connectivity index (χ0v) is 16.4. The first-order chi connectivity index (χ1) is 13.8. The molecule has 1 aromatic heterocycles. The summed E-state index contributed by atoms with van der Waals surface area (Å²) < 4.78 is 7.88. The first-order valence-electron chi connectivity index (χ1n) is 10.2. The molecule has 0 radical (unpaired) electrons. The van der Waals surface area contributed by atoms with Crippen LogP contribution in [0.1, 0.15) is 36.0 Å². The minimum absolute atomic E-state index is 0.531. The van der Waals surface area contributed by atoms with E-state index in [-0.39, 0.29) is 0 Å². The lowest BCUT2D eigenvalue weighted by Gasteiger charge is -2.32. The van der Waals surface area contributed by atoms with Crippen LogP contribution in [0, 0.1) is 0 Å². The van der Waals surface area contributed by atoms with E-state index in [1.54, 1.807) is 7.11 Å². The van der Waals surface area contributed by atoms with Gasteiger partial charge in [0, 0.05) is 30.9 Å². The van der Waals surface area contributed by atoms with E-state index in [1.807, 2.05) is 0 Å². The molecule has 2 aliphatic rings. The lowest BCUT2D eigenvalue weighted by molar-refractivity contribution is 0.200. The fourth-order valence-electron chi connectivity index (χ4n) is 4.66. The lowest BCUT2D eigenvalue weighted by atomic mass is 9.95. The Morgan fingerprint density at radius 3 is 2.68 bits per heavy atom. The Balaban J connectivity index is 1.29. The fourth-order valence-corrected chi connectivity index (χ4v) is 4.66. The van der Waals surface area contributed by atoms with E-state index in [0.717, 1.165) is 63.7 Å². The van der Waals surface area contributed by atoms with Gasteiger partial charge < -0.3 is 14.6 Å². The molecule has 5 rings (SSSR count). The number of nitrogens with one attached hydrogen (secondary N) is 1. The number of rotatable bonds is 4. The maximum atomic E-state index is 5.54. The van der Waals surface area contributed by atoms with Crippen LogP contribution in [0.3, 0.4) is 0 Å². The van der Waals surface area contributed by atoms with Gasteiger partial charge in [0.2, 0.25) is 0 Å². The molecule has 0 bridgehead atoms. The Kier molecular flexibility index (Phi) is 4.74. The van der Waals surface area contributed by atoms with Crippen LogP contribution >= 0.6 is 0 Å². The molecule has 0 amide bonds. The van der Waals surface area contributed by atoms with Gasteiger partial charge in [0.1, 0.15) is 17.4 Å². The van der Waals surface area contributed by atoms with E-state index in [1.165, 1.54) is 22.2 Å². The molecule has 0 spiro atoms. The standard InChI is InChI=1S/C22H27N5O/c1-28-20-7-6-17(18-4-2-3-5-19(18)20)15-26-11-8-16(9-12-26)22-25-24-21-14-23-10-13-27(21)22/h2-7,16,23H,8-15H2,1H3. The summed E-state index contributed by atoms with van der Waals surface area (Å²) in [6.07, 6.45) is 2.30. The van der Waals surface area contributed by atoms with Gasteiger partial charge in [-0.15, -0.1) is 10.2 Å². The van der Waals surface area contributed by atoms with Gasteiger partial charge in [0.05, 0.1) is 13.7 Å². The van der Waals surface area contributed by atoms with Crippen LogP contribution in [-0.2, 0) is 19.6 Å². The summed E-state index contributed by atoms with van der Waals surface area (Å²) in [5.41, 5.74) is 1.38. The van der Waals surface area contributed by atoms with Crippen LogP contribution in [0.2, 0.25) is 0 Å². The van der Waals surface area contributed by atoms with Crippen molar-refractivity contribution in [3.8, 4) is 5.75 Å². The van der Waals surface area contributed by atoms with E-state index < -0.39 is 0 Å². The van der Waals surface area contributed by atoms with Crippen molar-refractivity contribution in [2.75, 3.05) is 26.7 Å². The van der Waals surface area contributed by atoms with Crippen LogP contribution in [-0.4, -0.2) is 46.4 Å². The van der Waals surface area contributed by atoms with Gasteiger partial charge in [-0.2, -0.15) is 0 Å². The minimum Gasteiger partial charge on any atom is -0.496 e. The Labute approximate surface area is 165 Å². The van der Waals surface area contributed by atoms with Gasteiger partial charge >= 0.3 is 0 Å². The molecular formula is C22H27N5O. The maximum absolute atomic E-state index is 5.54. The molecule has 0 unspecified atom stereocenters.